The van der Waals surface area contributed by atoms with E-state index >= 15 is 0 Å². The van der Waals surface area contributed by atoms with Crippen LogP contribution >= 0.6 is 11.6 Å². The van der Waals surface area contributed by atoms with Crippen LogP contribution in [0.4, 0.5) is 5.69 Å². The van der Waals surface area contributed by atoms with Crippen molar-refractivity contribution in [3.63, 3.8) is 0 Å². The van der Waals surface area contributed by atoms with Crippen molar-refractivity contribution in [2.75, 3.05) is 25.5 Å². The van der Waals surface area contributed by atoms with E-state index < -0.39 is 11.7 Å². The second-order valence-electron chi connectivity index (χ2n) is 4.14. The molecule has 1 aromatic carbocycles. The Bertz CT molecular complexity index is 554. The van der Waals surface area contributed by atoms with Crippen LogP contribution in [-0.4, -0.2) is 43.1 Å². The highest BCUT2D eigenvalue weighted by Crippen LogP contribution is 2.33. The van der Waals surface area contributed by atoms with E-state index in [0.717, 1.165) is 4.90 Å². The van der Waals surface area contributed by atoms with Gasteiger partial charge in [-0.3, -0.25) is 19.3 Å². The quantitative estimate of drug-likeness (QED) is 0.749. The zero-order chi connectivity index (χ0) is 13.4. The summed E-state index contributed by atoms with van der Waals surface area (Å²) in [6.07, 6.45) is 0. The molecule has 94 valence electrons. The highest BCUT2D eigenvalue weighted by atomic mass is 35.5. The predicted molar refractivity (Wildman–Crippen MR) is 66.8 cm³/mol. The number of benzene rings is 1. The van der Waals surface area contributed by atoms with Crippen molar-refractivity contribution in [1.29, 1.82) is 0 Å². The van der Waals surface area contributed by atoms with Crippen LogP contribution in [-0.2, 0) is 9.59 Å². The van der Waals surface area contributed by atoms with E-state index in [1.54, 1.807) is 32.3 Å². The molecule has 0 atom stereocenters. The minimum Gasteiger partial charge on any atom is -0.347 e. The molecule has 0 bridgehead atoms. The highest BCUT2D eigenvalue weighted by Gasteiger charge is 2.38. The predicted octanol–water partition coefficient (Wildman–Crippen LogP) is 0.957. The number of Topliss-reactive ketones (excluding diaryl/α,β-unsaturated/α-hetero) is 1. The molecule has 0 fully saturated rings. The Labute approximate surface area is 109 Å². The van der Waals surface area contributed by atoms with Gasteiger partial charge >= 0.3 is 0 Å². The number of nitrogens with zero attached hydrogens (tertiary/aromatic N) is 2. The number of hydrogen-bond donors (Lipinski definition) is 0. The van der Waals surface area contributed by atoms with Crippen LogP contribution in [0.2, 0.25) is 5.02 Å². The maximum Gasteiger partial charge on any atom is 0.300 e. The lowest BCUT2D eigenvalue weighted by Gasteiger charge is -2.18. The smallest absolute Gasteiger partial charge is 0.300 e. The van der Waals surface area contributed by atoms with Crippen molar-refractivity contribution < 1.29 is 14.4 Å². The molecule has 1 aliphatic rings. The fraction of sp³-hybridized carbons (Fsp3) is 0.250. The van der Waals surface area contributed by atoms with Gasteiger partial charge in [0, 0.05) is 14.1 Å². The molecule has 18 heavy (non-hydrogen) atoms. The molecule has 0 saturated heterocycles. The Morgan fingerprint density at radius 3 is 2.61 bits per heavy atom. The first kappa shape index (κ1) is 12.6. The molecule has 0 aliphatic carbocycles. The number of hydrogen-bond acceptors (Lipinski definition) is 3. The average molecular weight is 267 g/mol. The third kappa shape index (κ3) is 1.86. The number of carbonyl (C=O) groups is 3. The van der Waals surface area contributed by atoms with E-state index in [1.807, 2.05) is 0 Å². The third-order valence-electron chi connectivity index (χ3n) is 2.74. The van der Waals surface area contributed by atoms with Crippen molar-refractivity contribution in [1.82, 2.24) is 4.90 Å². The molecule has 6 heteroatoms. The van der Waals surface area contributed by atoms with E-state index in [-0.39, 0.29) is 23.0 Å². The summed E-state index contributed by atoms with van der Waals surface area (Å²) in [4.78, 5) is 37.8. The number of rotatable bonds is 2. The lowest BCUT2D eigenvalue weighted by molar-refractivity contribution is -0.128. The highest BCUT2D eigenvalue weighted by molar-refractivity contribution is 6.55. The van der Waals surface area contributed by atoms with Gasteiger partial charge in [-0.2, -0.15) is 0 Å². The Kier molecular flexibility index (Phi) is 3.09. The molecule has 0 saturated carbocycles. The molecule has 2 rings (SSSR count). The zero-order valence-corrected chi connectivity index (χ0v) is 10.7. The molecular formula is C12H11ClN2O3. The number of anilines is 1. The van der Waals surface area contributed by atoms with E-state index in [0.29, 0.717) is 5.69 Å². The van der Waals surface area contributed by atoms with Crippen LogP contribution in [0.15, 0.2) is 18.2 Å². The summed E-state index contributed by atoms with van der Waals surface area (Å²) in [6, 6.07) is 4.79. The van der Waals surface area contributed by atoms with Gasteiger partial charge in [0.15, 0.2) is 0 Å². The van der Waals surface area contributed by atoms with Crippen LogP contribution in [0.1, 0.15) is 10.4 Å². The zero-order valence-electron chi connectivity index (χ0n) is 9.94. The third-order valence-corrected chi connectivity index (χ3v) is 3.06. The van der Waals surface area contributed by atoms with Gasteiger partial charge in [-0.15, -0.1) is 0 Å². The van der Waals surface area contributed by atoms with Gasteiger partial charge in [0.1, 0.15) is 6.54 Å². The minimum atomic E-state index is -0.715. The standard InChI is InChI=1S/C12H11ClN2O3/c1-14(2)9(16)6-15-8-5-3-4-7(13)10(8)11(17)12(15)18/h3-5H,6H2,1-2H3. The second kappa shape index (κ2) is 4.42. The van der Waals surface area contributed by atoms with Crippen molar-refractivity contribution in [3.8, 4) is 0 Å². The second-order valence-corrected chi connectivity index (χ2v) is 4.55. The SMILES string of the molecule is CN(C)C(=O)CN1C(=O)C(=O)c2c(Cl)cccc21. The van der Waals surface area contributed by atoms with Gasteiger partial charge in [-0.25, -0.2) is 0 Å². The van der Waals surface area contributed by atoms with Gasteiger partial charge in [-0.05, 0) is 12.1 Å². The van der Waals surface area contributed by atoms with Gasteiger partial charge in [-0.1, -0.05) is 17.7 Å². The van der Waals surface area contributed by atoms with Crippen LogP contribution in [0.3, 0.4) is 0 Å². The topological polar surface area (TPSA) is 57.7 Å². The van der Waals surface area contributed by atoms with Crippen LogP contribution in [0, 0.1) is 0 Å². The molecule has 5 nitrogen and oxygen atoms in total. The number of ketones is 1. The molecule has 1 heterocycles. The van der Waals surface area contributed by atoms with Crippen molar-refractivity contribution >= 4 is 34.9 Å². The molecule has 1 aliphatic heterocycles. The number of likely N-dealkylation sites (N-methyl/N-ethyl adjacent to an activating group) is 1. The van der Waals surface area contributed by atoms with Gasteiger partial charge in [0.2, 0.25) is 5.91 Å². The van der Waals surface area contributed by atoms with E-state index in [9.17, 15) is 14.4 Å². The summed E-state index contributed by atoms with van der Waals surface area (Å²) in [5.41, 5.74) is 0.573. The Morgan fingerprint density at radius 1 is 1.33 bits per heavy atom. The normalized spacial score (nSPS) is 13.8. The van der Waals surface area contributed by atoms with Gasteiger partial charge in [0.05, 0.1) is 16.3 Å². The van der Waals surface area contributed by atoms with Crippen LogP contribution < -0.4 is 4.90 Å². The Balaban J connectivity index is 2.41. The van der Waals surface area contributed by atoms with Crippen molar-refractivity contribution in [3.05, 3.63) is 28.8 Å². The number of carbonyl (C=O) groups excluding carboxylic acids is 3. The average Bonchev–Trinajstić information content (AvgIpc) is 2.55. The molecule has 0 N–H and O–H groups in total. The van der Waals surface area contributed by atoms with Gasteiger partial charge in [0.25, 0.3) is 11.7 Å². The molecule has 0 radical (unpaired) electrons. The fourth-order valence-corrected chi connectivity index (χ4v) is 1.99. The molecule has 1 aromatic rings. The first-order valence-corrected chi connectivity index (χ1v) is 5.66. The molecule has 0 spiro atoms. The van der Waals surface area contributed by atoms with Crippen LogP contribution in [0.5, 0.6) is 0 Å². The Hall–Kier alpha value is -1.88. The molecule has 0 aromatic heterocycles. The van der Waals surface area contributed by atoms with E-state index in [2.05, 4.69) is 0 Å². The number of amides is 2. The van der Waals surface area contributed by atoms with E-state index in [1.165, 1.54) is 4.90 Å². The lowest BCUT2D eigenvalue weighted by atomic mass is 10.1. The maximum atomic E-state index is 11.8. The van der Waals surface area contributed by atoms with Crippen molar-refractivity contribution in [2.24, 2.45) is 0 Å². The van der Waals surface area contributed by atoms with E-state index in [4.69, 9.17) is 11.6 Å². The summed E-state index contributed by atoms with van der Waals surface area (Å²) in [6.45, 7) is -0.162. The molecule has 0 unspecified atom stereocenters. The summed E-state index contributed by atoms with van der Waals surface area (Å²) < 4.78 is 0. The Morgan fingerprint density at radius 2 is 2.00 bits per heavy atom. The summed E-state index contributed by atoms with van der Waals surface area (Å²) in [5, 5.41) is 0.227. The summed E-state index contributed by atoms with van der Waals surface area (Å²) in [7, 11) is 3.17. The monoisotopic (exact) mass is 266 g/mol. The summed E-state index contributed by atoms with van der Waals surface area (Å²) >= 11 is 5.90. The fourth-order valence-electron chi connectivity index (χ4n) is 1.74. The maximum absolute atomic E-state index is 11.8. The van der Waals surface area contributed by atoms with Gasteiger partial charge < -0.3 is 4.90 Å². The number of halogens is 1. The largest absolute Gasteiger partial charge is 0.347 e. The lowest BCUT2D eigenvalue weighted by Crippen LogP contribution is -2.39. The first-order chi connectivity index (χ1) is 8.43. The first-order valence-electron chi connectivity index (χ1n) is 5.28. The molecule has 2 amide bonds. The minimum absolute atomic E-state index is 0.162. The summed E-state index contributed by atoms with van der Waals surface area (Å²) in [5.74, 6) is -1.64. The van der Waals surface area contributed by atoms with Crippen LogP contribution in [0.25, 0.3) is 0 Å². The molecular weight excluding hydrogens is 256 g/mol. The van der Waals surface area contributed by atoms with Crippen molar-refractivity contribution in [2.45, 2.75) is 0 Å². The number of fused-ring (bicyclic) bond motifs is 1.